The highest BCUT2D eigenvalue weighted by molar-refractivity contribution is 5.86. The number of oxazole rings is 1. The first-order chi connectivity index (χ1) is 11.7. The summed E-state index contributed by atoms with van der Waals surface area (Å²) in [5.74, 6) is 1.08. The Kier molecular flexibility index (Phi) is 4.44. The molecule has 2 N–H and O–H groups in total. The van der Waals surface area contributed by atoms with Crippen LogP contribution in [0.15, 0.2) is 10.6 Å². The van der Waals surface area contributed by atoms with Gasteiger partial charge in [0.1, 0.15) is 11.6 Å². The number of urea groups is 1. The van der Waals surface area contributed by atoms with Crippen molar-refractivity contribution in [3.05, 3.63) is 29.2 Å². The third-order valence-corrected chi connectivity index (χ3v) is 4.18. The van der Waals surface area contributed by atoms with E-state index >= 15 is 0 Å². The second-order valence-electron chi connectivity index (χ2n) is 6.09. The molecule has 7 nitrogen and oxygen atoms in total. The number of nitrogens with zero attached hydrogens (tertiary/aromatic N) is 3. The van der Waals surface area contributed by atoms with Crippen LogP contribution in [0.3, 0.4) is 0 Å². The minimum absolute atomic E-state index is 0.0292. The van der Waals surface area contributed by atoms with Gasteiger partial charge >= 0.3 is 18.2 Å². The maximum absolute atomic E-state index is 12.7. The average Bonchev–Trinajstić information content (AvgIpc) is 3.08. The summed E-state index contributed by atoms with van der Waals surface area (Å²) in [4.78, 5) is 19.5. The number of alkyl halides is 3. The number of nitrogens with one attached hydrogen (secondary N) is 2. The lowest BCUT2D eigenvalue weighted by molar-refractivity contribution is -0.141. The van der Waals surface area contributed by atoms with Gasteiger partial charge in [0.25, 0.3) is 0 Å². The number of carbonyl (C=O) groups is 1. The van der Waals surface area contributed by atoms with E-state index in [0.717, 1.165) is 6.20 Å². The molecule has 0 saturated heterocycles. The summed E-state index contributed by atoms with van der Waals surface area (Å²) in [5, 5.41) is 5.18. The molecule has 0 bridgehead atoms. The van der Waals surface area contributed by atoms with E-state index in [0.29, 0.717) is 43.2 Å². The number of fused-ring (bicyclic) bond motifs is 1. The van der Waals surface area contributed by atoms with Gasteiger partial charge < -0.3 is 14.3 Å². The number of imidazole rings is 1. The van der Waals surface area contributed by atoms with Crippen molar-refractivity contribution >= 4 is 12.0 Å². The fourth-order valence-corrected chi connectivity index (χ4v) is 2.72. The number of hydrogen-bond donors (Lipinski definition) is 2. The van der Waals surface area contributed by atoms with E-state index in [9.17, 15) is 18.0 Å². The summed E-state index contributed by atoms with van der Waals surface area (Å²) >= 11 is 0. The highest BCUT2D eigenvalue weighted by atomic mass is 19.4. The lowest BCUT2D eigenvalue weighted by atomic mass is 9.99. The van der Waals surface area contributed by atoms with Crippen LogP contribution in [0.1, 0.15) is 29.4 Å². The summed E-state index contributed by atoms with van der Waals surface area (Å²) in [6, 6.07) is -0.350. The zero-order chi connectivity index (χ0) is 18.2. The minimum atomic E-state index is -4.44. The van der Waals surface area contributed by atoms with Crippen LogP contribution in [0.4, 0.5) is 24.0 Å². The number of halogens is 3. The van der Waals surface area contributed by atoms with Crippen LogP contribution in [0.5, 0.6) is 0 Å². The van der Waals surface area contributed by atoms with E-state index in [1.54, 1.807) is 13.8 Å². The van der Waals surface area contributed by atoms with E-state index in [2.05, 4.69) is 20.6 Å². The summed E-state index contributed by atoms with van der Waals surface area (Å²) in [6.07, 6.45) is -2.31. The molecule has 0 aromatic carbocycles. The van der Waals surface area contributed by atoms with Crippen LogP contribution in [0.25, 0.3) is 0 Å². The maximum Gasteiger partial charge on any atom is 0.434 e. The van der Waals surface area contributed by atoms with Crippen molar-refractivity contribution in [2.45, 2.75) is 39.4 Å². The van der Waals surface area contributed by atoms with Crippen LogP contribution < -0.4 is 10.6 Å². The van der Waals surface area contributed by atoms with Crippen LogP contribution in [-0.4, -0.2) is 27.1 Å². The molecular formula is C15H18F3N5O2. The summed E-state index contributed by atoms with van der Waals surface area (Å²) in [6.45, 7) is 4.23. The number of hydrogen-bond acceptors (Lipinski definition) is 4. The second kappa shape index (κ2) is 6.41. The Morgan fingerprint density at radius 3 is 2.80 bits per heavy atom. The molecule has 0 fully saturated rings. The highest BCUT2D eigenvalue weighted by Crippen LogP contribution is 2.30. The Bertz CT molecular complexity index is 761. The summed E-state index contributed by atoms with van der Waals surface area (Å²) < 4.78 is 44.9. The van der Waals surface area contributed by atoms with Gasteiger partial charge in [-0.25, -0.2) is 9.78 Å². The van der Waals surface area contributed by atoms with E-state index in [1.807, 2.05) is 0 Å². The predicted octanol–water partition coefficient (Wildman–Crippen LogP) is 2.89. The molecule has 1 aliphatic heterocycles. The van der Waals surface area contributed by atoms with Crippen LogP contribution in [-0.2, 0) is 19.1 Å². The normalized spacial score (nSPS) is 17.2. The van der Waals surface area contributed by atoms with Gasteiger partial charge in [0.15, 0.2) is 5.69 Å². The van der Waals surface area contributed by atoms with E-state index in [1.165, 1.54) is 4.57 Å². The van der Waals surface area contributed by atoms with Crippen molar-refractivity contribution in [1.29, 1.82) is 0 Å². The van der Waals surface area contributed by atoms with Crippen molar-refractivity contribution in [1.82, 2.24) is 19.9 Å². The number of aromatic nitrogens is 3. The Morgan fingerprint density at radius 1 is 1.40 bits per heavy atom. The molecule has 0 unspecified atom stereocenters. The Balaban J connectivity index is 1.53. The molecule has 0 saturated carbocycles. The molecule has 0 radical (unpaired) electrons. The number of carbonyl (C=O) groups excluding carboxylic acids is 1. The van der Waals surface area contributed by atoms with E-state index in [-0.39, 0.29) is 11.9 Å². The smallest absolute Gasteiger partial charge is 0.428 e. The number of aryl methyl sites for hydroxylation is 3. The topological polar surface area (TPSA) is 85.0 Å². The maximum atomic E-state index is 12.7. The van der Waals surface area contributed by atoms with Crippen molar-refractivity contribution < 1.29 is 22.4 Å². The van der Waals surface area contributed by atoms with Gasteiger partial charge in [0.2, 0.25) is 0 Å². The Hall–Kier alpha value is -2.52. The third kappa shape index (κ3) is 3.94. The van der Waals surface area contributed by atoms with Gasteiger partial charge in [-0.3, -0.25) is 5.32 Å². The lowest BCUT2D eigenvalue weighted by Crippen LogP contribution is -2.36. The molecule has 0 spiro atoms. The fourth-order valence-electron chi connectivity index (χ4n) is 2.72. The number of anilines is 1. The summed E-state index contributed by atoms with van der Waals surface area (Å²) in [5.41, 5.74) is -0.181. The molecule has 136 valence electrons. The average molecular weight is 357 g/mol. The molecule has 3 rings (SSSR count). The molecule has 2 aromatic rings. The van der Waals surface area contributed by atoms with Crippen LogP contribution in [0, 0.1) is 19.8 Å². The quantitative estimate of drug-likeness (QED) is 0.885. The first-order valence-corrected chi connectivity index (χ1v) is 7.84. The molecule has 0 aliphatic carbocycles. The van der Waals surface area contributed by atoms with Crippen molar-refractivity contribution in [3.8, 4) is 0 Å². The van der Waals surface area contributed by atoms with Crippen molar-refractivity contribution in [2.75, 3.05) is 11.9 Å². The van der Waals surface area contributed by atoms with Crippen molar-refractivity contribution in [2.24, 2.45) is 5.92 Å². The Labute approximate surface area is 141 Å². The highest BCUT2D eigenvalue weighted by Gasteiger charge is 2.35. The summed E-state index contributed by atoms with van der Waals surface area (Å²) in [7, 11) is 0. The molecule has 2 amide bonds. The molecule has 3 heterocycles. The van der Waals surface area contributed by atoms with Crippen LogP contribution in [0.2, 0.25) is 0 Å². The molecule has 25 heavy (non-hydrogen) atoms. The molecule has 2 aromatic heterocycles. The third-order valence-electron chi connectivity index (χ3n) is 4.18. The lowest BCUT2D eigenvalue weighted by Gasteiger charge is -2.23. The van der Waals surface area contributed by atoms with Crippen LogP contribution >= 0.6 is 0 Å². The molecule has 1 aliphatic rings. The standard InChI is InChI=1S/C15H18F3N5O2/c1-8-9(2)25-14(20-8)22-13(24)19-5-10-3-4-12-21-11(15(16,17)18)7-23(12)6-10/h7,10H,3-6H2,1-2H3,(H2,19,20,22,24)/t10-/m1/s1. The SMILES string of the molecule is Cc1nc(NC(=O)NC[C@H]2CCc3nc(C(F)(F)F)cn3C2)oc1C. The van der Waals surface area contributed by atoms with Gasteiger partial charge in [-0.05, 0) is 26.2 Å². The monoisotopic (exact) mass is 357 g/mol. The van der Waals surface area contributed by atoms with Gasteiger partial charge in [-0.1, -0.05) is 0 Å². The molecular weight excluding hydrogens is 339 g/mol. The fraction of sp³-hybridized carbons (Fsp3) is 0.533. The zero-order valence-electron chi connectivity index (χ0n) is 13.8. The predicted molar refractivity (Wildman–Crippen MR) is 82.0 cm³/mol. The zero-order valence-corrected chi connectivity index (χ0v) is 13.8. The van der Waals surface area contributed by atoms with Gasteiger partial charge in [0.05, 0.1) is 5.69 Å². The largest absolute Gasteiger partial charge is 0.434 e. The van der Waals surface area contributed by atoms with Gasteiger partial charge in [0, 0.05) is 25.7 Å². The van der Waals surface area contributed by atoms with E-state index in [4.69, 9.17) is 4.42 Å². The van der Waals surface area contributed by atoms with Crippen molar-refractivity contribution in [3.63, 3.8) is 0 Å². The van der Waals surface area contributed by atoms with Gasteiger partial charge in [-0.15, -0.1) is 0 Å². The number of amides is 2. The molecule has 1 atom stereocenters. The first-order valence-electron chi connectivity index (χ1n) is 7.84. The minimum Gasteiger partial charge on any atom is -0.428 e. The number of rotatable bonds is 3. The molecule has 10 heteroatoms. The van der Waals surface area contributed by atoms with Gasteiger partial charge in [-0.2, -0.15) is 18.2 Å². The second-order valence-corrected chi connectivity index (χ2v) is 6.09. The first kappa shape index (κ1) is 17.3. The Morgan fingerprint density at radius 2 is 2.16 bits per heavy atom. The van der Waals surface area contributed by atoms with E-state index < -0.39 is 17.9 Å².